The minimum absolute atomic E-state index is 0.125. The van der Waals surface area contributed by atoms with E-state index in [9.17, 15) is 10.1 Å². The number of aromatic nitrogens is 2. The topological polar surface area (TPSA) is 87.4 Å². The molecule has 0 N–H and O–H groups in total. The van der Waals surface area contributed by atoms with E-state index in [4.69, 9.17) is 21.1 Å². The smallest absolute Gasteiger partial charge is 0.392 e. The van der Waals surface area contributed by atoms with Gasteiger partial charge in [0.15, 0.2) is 0 Å². The van der Waals surface area contributed by atoms with Gasteiger partial charge in [-0.2, -0.15) is 9.97 Å². The molecule has 0 bridgehead atoms. The molecule has 0 atom stereocenters. The molecule has 0 radical (unpaired) electrons. The average molecular weight is 324 g/mol. The fourth-order valence-corrected chi connectivity index (χ4v) is 2.01. The summed E-state index contributed by atoms with van der Waals surface area (Å²) in [7, 11) is 0. The van der Waals surface area contributed by atoms with Crippen LogP contribution in [0.2, 0.25) is 5.02 Å². The summed E-state index contributed by atoms with van der Waals surface area (Å²) >= 11 is 6.09. The lowest BCUT2D eigenvalue weighted by molar-refractivity contribution is -0.387. The molecule has 0 spiro atoms. The number of nitro groups is 1. The first-order chi connectivity index (χ1) is 10.4. The first-order valence-electron chi connectivity index (χ1n) is 6.50. The minimum Gasteiger partial charge on any atom is -0.473 e. The third kappa shape index (κ3) is 3.25. The predicted molar refractivity (Wildman–Crippen MR) is 80.9 cm³/mol. The van der Waals surface area contributed by atoms with Crippen LogP contribution in [0.4, 0.5) is 5.69 Å². The molecule has 7 nitrogen and oxygen atoms in total. The van der Waals surface area contributed by atoms with Crippen molar-refractivity contribution >= 4 is 17.3 Å². The van der Waals surface area contributed by atoms with Gasteiger partial charge >= 0.3 is 17.4 Å². The van der Waals surface area contributed by atoms with Crippen molar-refractivity contribution in [3.05, 3.63) is 44.7 Å². The lowest BCUT2D eigenvalue weighted by Crippen LogP contribution is -2.03. The van der Waals surface area contributed by atoms with Gasteiger partial charge in [-0.1, -0.05) is 11.6 Å². The number of halogens is 1. The Hall–Kier alpha value is -2.41. The highest BCUT2D eigenvalue weighted by molar-refractivity contribution is 6.32. The van der Waals surface area contributed by atoms with Gasteiger partial charge in [0.25, 0.3) is 0 Å². The van der Waals surface area contributed by atoms with Crippen LogP contribution in [0.25, 0.3) is 0 Å². The molecule has 0 saturated heterocycles. The number of aryl methyl sites for hydroxylation is 2. The molecule has 22 heavy (non-hydrogen) atoms. The number of hydrogen-bond donors (Lipinski definition) is 0. The van der Waals surface area contributed by atoms with Crippen molar-refractivity contribution in [1.82, 2.24) is 9.97 Å². The Morgan fingerprint density at radius 2 is 1.82 bits per heavy atom. The summed E-state index contributed by atoms with van der Waals surface area (Å²) in [6.07, 6.45) is 1.16. The van der Waals surface area contributed by atoms with E-state index in [0.29, 0.717) is 10.8 Å². The maximum absolute atomic E-state index is 11.2. The van der Waals surface area contributed by atoms with Gasteiger partial charge in [0, 0.05) is 5.02 Å². The summed E-state index contributed by atoms with van der Waals surface area (Å²) in [6.45, 7) is 5.60. The van der Waals surface area contributed by atoms with E-state index >= 15 is 0 Å². The zero-order valence-electron chi connectivity index (χ0n) is 12.3. The molecule has 116 valence electrons. The second-order valence-corrected chi connectivity index (χ2v) is 4.87. The van der Waals surface area contributed by atoms with Crippen molar-refractivity contribution in [3.8, 4) is 17.5 Å². The maximum Gasteiger partial charge on any atom is 0.392 e. The molecule has 0 saturated carbocycles. The van der Waals surface area contributed by atoms with Gasteiger partial charge < -0.3 is 9.47 Å². The van der Waals surface area contributed by atoms with Crippen molar-refractivity contribution < 1.29 is 14.4 Å². The van der Waals surface area contributed by atoms with Gasteiger partial charge in [0.1, 0.15) is 12.1 Å². The van der Waals surface area contributed by atoms with Crippen molar-refractivity contribution in [1.29, 1.82) is 0 Å². The molecule has 1 aromatic heterocycles. The summed E-state index contributed by atoms with van der Waals surface area (Å²) in [5.74, 6) is 0.105. The maximum atomic E-state index is 11.2. The Morgan fingerprint density at radius 3 is 2.36 bits per heavy atom. The Balaban J connectivity index is 2.45. The lowest BCUT2D eigenvalue weighted by Gasteiger charge is -2.10. The highest BCUT2D eigenvalue weighted by Gasteiger charge is 2.26. The second-order valence-electron chi connectivity index (χ2n) is 4.50. The molecule has 0 fully saturated rings. The van der Waals surface area contributed by atoms with Crippen LogP contribution >= 0.6 is 11.6 Å². The van der Waals surface area contributed by atoms with E-state index < -0.39 is 10.6 Å². The average Bonchev–Trinajstić information content (AvgIpc) is 2.45. The molecule has 8 heteroatoms. The zero-order valence-corrected chi connectivity index (χ0v) is 13.0. The zero-order chi connectivity index (χ0) is 16.3. The Labute approximate surface area is 132 Å². The molecule has 0 unspecified atom stereocenters. The van der Waals surface area contributed by atoms with Crippen molar-refractivity contribution in [3.63, 3.8) is 0 Å². The molecule has 0 aliphatic heterocycles. The van der Waals surface area contributed by atoms with Crippen LogP contribution in [0.5, 0.6) is 17.5 Å². The molecule has 2 aromatic rings. The van der Waals surface area contributed by atoms with E-state index in [1.807, 2.05) is 13.8 Å². The SMILES string of the molecule is CCOc1ncnc(Oc2cc(C)c(Cl)c(C)c2)c1[N+](=O)[O-]. The van der Waals surface area contributed by atoms with Gasteiger partial charge in [-0.15, -0.1) is 0 Å². The third-order valence-corrected chi connectivity index (χ3v) is 3.44. The molecule has 1 heterocycles. The number of nitrogens with zero attached hydrogens (tertiary/aromatic N) is 3. The second kappa shape index (κ2) is 6.57. The number of rotatable bonds is 5. The van der Waals surface area contributed by atoms with Gasteiger partial charge in [-0.25, -0.2) is 0 Å². The first kappa shape index (κ1) is 16.0. The number of hydrogen-bond acceptors (Lipinski definition) is 6. The molecule has 0 aliphatic rings. The number of ether oxygens (including phenoxy) is 2. The van der Waals surface area contributed by atoms with Crippen LogP contribution in [-0.4, -0.2) is 21.5 Å². The fraction of sp³-hybridized carbons (Fsp3) is 0.286. The Kier molecular flexibility index (Phi) is 4.77. The summed E-state index contributed by atoms with van der Waals surface area (Å²) in [6, 6.07) is 3.36. The normalized spacial score (nSPS) is 10.4. The van der Waals surface area contributed by atoms with Gasteiger partial charge in [-0.05, 0) is 44.0 Å². The van der Waals surface area contributed by atoms with E-state index in [1.54, 1.807) is 19.1 Å². The van der Waals surface area contributed by atoms with Crippen LogP contribution in [-0.2, 0) is 0 Å². The van der Waals surface area contributed by atoms with Crippen LogP contribution in [0, 0.1) is 24.0 Å². The van der Waals surface area contributed by atoms with Crippen molar-refractivity contribution in [2.75, 3.05) is 6.61 Å². The van der Waals surface area contributed by atoms with Crippen molar-refractivity contribution in [2.45, 2.75) is 20.8 Å². The molecule has 1 aromatic carbocycles. The monoisotopic (exact) mass is 323 g/mol. The van der Waals surface area contributed by atoms with E-state index in [0.717, 1.165) is 17.5 Å². The molecular formula is C14H14ClN3O4. The Morgan fingerprint density at radius 1 is 1.23 bits per heavy atom. The third-order valence-electron chi connectivity index (χ3n) is 2.84. The summed E-state index contributed by atoms with van der Waals surface area (Å²) in [5.41, 5.74) is 1.20. The van der Waals surface area contributed by atoms with Crippen LogP contribution < -0.4 is 9.47 Å². The molecular weight excluding hydrogens is 310 g/mol. The molecule has 0 aliphatic carbocycles. The highest BCUT2D eigenvalue weighted by Crippen LogP contribution is 2.36. The van der Waals surface area contributed by atoms with Gasteiger partial charge in [-0.3, -0.25) is 10.1 Å². The largest absolute Gasteiger partial charge is 0.473 e. The van der Waals surface area contributed by atoms with E-state index in [2.05, 4.69) is 9.97 Å². The van der Waals surface area contributed by atoms with Crippen molar-refractivity contribution in [2.24, 2.45) is 0 Å². The van der Waals surface area contributed by atoms with Crippen LogP contribution in [0.15, 0.2) is 18.5 Å². The standard InChI is InChI=1S/C14H14ClN3O4/c1-4-21-13-12(18(19)20)14(17-7-16-13)22-10-5-8(2)11(15)9(3)6-10/h5-7H,4H2,1-3H3. The van der Waals surface area contributed by atoms with Crippen LogP contribution in [0.1, 0.15) is 18.1 Å². The first-order valence-corrected chi connectivity index (χ1v) is 6.88. The predicted octanol–water partition coefficient (Wildman–Crippen LogP) is 3.85. The quantitative estimate of drug-likeness (QED) is 0.613. The Bertz CT molecular complexity index is 698. The summed E-state index contributed by atoms with van der Waals surface area (Å²) in [5, 5.41) is 11.9. The lowest BCUT2D eigenvalue weighted by atomic mass is 10.1. The fourth-order valence-electron chi connectivity index (χ4n) is 1.90. The van der Waals surface area contributed by atoms with Gasteiger partial charge in [0.05, 0.1) is 11.5 Å². The molecule has 0 amide bonds. The van der Waals surface area contributed by atoms with E-state index in [-0.39, 0.29) is 18.4 Å². The van der Waals surface area contributed by atoms with Crippen LogP contribution in [0.3, 0.4) is 0 Å². The number of benzene rings is 1. The highest BCUT2D eigenvalue weighted by atomic mass is 35.5. The van der Waals surface area contributed by atoms with Gasteiger partial charge in [0.2, 0.25) is 0 Å². The van der Waals surface area contributed by atoms with E-state index in [1.165, 1.54) is 0 Å². The molecule has 2 rings (SSSR count). The summed E-state index contributed by atoms with van der Waals surface area (Å²) < 4.78 is 10.7. The summed E-state index contributed by atoms with van der Waals surface area (Å²) in [4.78, 5) is 18.2. The minimum atomic E-state index is -0.629.